The van der Waals surface area contributed by atoms with Crippen molar-refractivity contribution in [1.29, 1.82) is 0 Å². The van der Waals surface area contributed by atoms with E-state index in [0.29, 0.717) is 12.3 Å². The highest BCUT2D eigenvalue weighted by Crippen LogP contribution is 2.53. The summed E-state index contributed by atoms with van der Waals surface area (Å²) >= 11 is 0. The lowest BCUT2D eigenvalue weighted by molar-refractivity contribution is -0.125. The Bertz CT molecular complexity index is 907. The van der Waals surface area contributed by atoms with E-state index in [1.165, 1.54) is 6.42 Å². The molecule has 1 saturated carbocycles. The summed E-state index contributed by atoms with van der Waals surface area (Å²) in [5, 5.41) is 3.52. The van der Waals surface area contributed by atoms with Gasteiger partial charge in [0.25, 0.3) is 5.91 Å². The number of hydrogen-bond acceptors (Lipinski definition) is 7. The van der Waals surface area contributed by atoms with Crippen LogP contribution < -0.4 is 10.0 Å². The summed E-state index contributed by atoms with van der Waals surface area (Å²) in [6.07, 6.45) is 9.04. The first-order valence-electron chi connectivity index (χ1n) is 12.6. The first-order chi connectivity index (χ1) is 15.9. The van der Waals surface area contributed by atoms with Crippen LogP contribution in [0, 0.1) is 11.8 Å². The fourth-order valence-electron chi connectivity index (χ4n) is 6.01. The van der Waals surface area contributed by atoms with Gasteiger partial charge in [0, 0.05) is 25.0 Å². The number of carbonyl (C=O) groups is 1. The van der Waals surface area contributed by atoms with Gasteiger partial charge in [-0.2, -0.15) is 8.42 Å². The van der Waals surface area contributed by atoms with Gasteiger partial charge < -0.3 is 15.1 Å². The van der Waals surface area contributed by atoms with E-state index in [1.807, 2.05) is 19.0 Å². The highest BCUT2D eigenvalue weighted by atomic mass is 32.2. The van der Waals surface area contributed by atoms with Crippen LogP contribution in [-0.2, 0) is 19.3 Å². The molecule has 2 heterocycles. The van der Waals surface area contributed by atoms with Gasteiger partial charge in [0.2, 0.25) is 0 Å². The summed E-state index contributed by atoms with van der Waals surface area (Å²) in [4.78, 5) is 17.7. The van der Waals surface area contributed by atoms with E-state index in [4.69, 9.17) is 0 Å². The molecule has 34 heavy (non-hydrogen) atoms. The Balaban J connectivity index is 1.95. The van der Waals surface area contributed by atoms with Gasteiger partial charge in [-0.25, -0.2) is 4.72 Å². The van der Waals surface area contributed by atoms with E-state index < -0.39 is 21.8 Å². The third-order valence-corrected chi connectivity index (χ3v) is 9.47. The summed E-state index contributed by atoms with van der Waals surface area (Å²) in [7, 11) is 0.814. The van der Waals surface area contributed by atoms with Gasteiger partial charge in [-0.1, -0.05) is 52.2 Å². The number of nitrogens with one attached hydrogen (secondary N) is 2. The highest BCUT2D eigenvalue weighted by Gasteiger charge is 2.64. The molecule has 9 heteroatoms. The van der Waals surface area contributed by atoms with E-state index in [2.05, 4.69) is 46.1 Å². The van der Waals surface area contributed by atoms with E-state index in [9.17, 15) is 13.2 Å². The maximum Gasteiger partial charge on any atom is 0.361 e. The van der Waals surface area contributed by atoms with Crippen molar-refractivity contribution < 1.29 is 17.4 Å². The van der Waals surface area contributed by atoms with Crippen molar-refractivity contribution in [2.45, 2.75) is 88.8 Å². The molecule has 3 fully saturated rings. The lowest BCUT2D eigenvalue weighted by Crippen LogP contribution is -2.54. The van der Waals surface area contributed by atoms with Crippen molar-refractivity contribution in [3.63, 3.8) is 0 Å². The van der Waals surface area contributed by atoms with Gasteiger partial charge in [0.1, 0.15) is 5.54 Å². The minimum absolute atomic E-state index is 0.00950. The molecule has 3 aliphatic rings. The van der Waals surface area contributed by atoms with E-state index in [-0.39, 0.29) is 17.5 Å². The molecule has 5 unspecified atom stereocenters. The minimum Gasteiger partial charge on any atom is -0.365 e. The van der Waals surface area contributed by atoms with Crippen LogP contribution in [0.3, 0.4) is 0 Å². The van der Waals surface area contributed by atoms with Gasteiger partial charge >= 0.3 is 10.3 Å². The molecule has 0 aromatic rings. The van der Waals surface area contributed by atoms with Crippen LogP contribution in [0.4, 0.5) is 0 Å². The molecule has 1 amide bonds. The van der Waals surface area contributed by atoms with Crippen molar-refractivity contribution in [3.05, 3.63) is 24.6 Å². The van der Waals surface area contributed by atoms with Crippen LogP contribution in [0.2, 0.25) is 0 Å². The van der Waals surface area contributed by atoms with Crippen molar-refractivity contribution in [2.75, 3.05) is 27.7 Å². The fourth-order valence-corrected chi connectivity index (χ4v) is 6.50. The van der Waals surface area contributed by atoms with Gasteiger partial charge in [-0.15, -0.1) is 0 Å². The summed E-state index contributed by atoms with van der Waals surface area (Å²) < 4.78 is 30.8. The van der Waals surface area contributed by atoms with Crippen molar-refractivity contribution in [2.24, 2.45) is 11.8 Å². The average Bonchev–Trinajstić information content (AvgIpc) is 3.41. The molecule has 194 valence electrons. The zero-order valence-corrected chi connectivity index (χ0v) is 22.5. The Morgan fingerprint density at radius 3 is 2.47 bits per heavy atom. The largest absolute Gasteiger partial charge is 0.365 e. The van der Waals surface area contributed by atoms with E-state index >= 15 is 0 Å². The Hall–Kier alpha value is -1.58. The number of likely N-dealkylation sites (N-methyl/N-ethyl adjacent to an activating group) is 2. The SMILES string of the molecule is C=C1C2CC(C)CN2C(=C)C(C)(NC)CCCCCCCC2CC2(C(=O)NS(=O)(=O)OC)N1C. The summed E-state index contributed by atoms with van der Waals surface area (Å²) in [6, 6.07) is 0.00950. The normalized spacial score (nSPS) is 35.7. The lowest BCUT2D eigenvalue weighted by Gasteiger charge is -2.43. The average molecular weight is 497 g/mol. The number of rotatable bonds is 4. The monoisotopic (exact) mass is 496 g/mol. The maximum atomic E-state index is 13.4. The molecule has 5 atom stereocenters. The van der Waals surface area contributed by atoms with Crippen LogP contribution in [-0.4, -0.2) is 69.0 Å². The number of fused-ring (bicyclic) bond motifs is 2. The third-order valence-electron chi connectivity index (χ3n) is 8.59. The molecule has 3 rings (SSSR count). The van der Waals surface area contributed by atoms with Gasteiger partial charge in [0.05, 0.1) is 18.7 Å². The molecule has 2 saturated heterocycles. The van der Waals surface area contributed by atoms with Crippen molar-refractivity contribution >= 4 is 16.2 Å². The molecule has 0 radical (unpaired) electrons. The number of amides is 1. The summed E-state index contributed by atoms with van der Waals surface area (Å²) in [6.45, 7) is 14.3. The van der Waals surface area contributed by atoms with Crippen LogP contribution in [0.25, 0.3) is 0 Å². The van der Waals surface area contributed by atoms with E-state index in [0.717, 1.165) is 70.0 Å². The number of nitrogens with zero attached hydrogens (tertiary/aromatic N) is 2. The predicted molar refractivity (Wildman–Crippen MR) is 135 cm³/mol. The fraction of sp³-hybridized carbons (Fsp3) is 0.800. The van der Waals surface area contributed by atoms with Gasteiger partial charge in [-0.3, -0.25) is 8.98 Å². The number of hydrogen-bond donors (Lipinski definition) is 2. The standard InChI is InChI=1S/C25H44N4O4S/c1-18-15-22-19(2)28(6)25(23(30)27-34(31,32)33-7)16-21(25)13-11-9-8-10-12-14-24(4,26-5)20(3)29(22)17-18/h18,21-22,26H,2-3,8-17H2,1,4-7H3,(H,27,30). The molecule has 0 bridgehead atoms. The summed E-state index contributed by atoms with van der Waals surface area (Å²) in [5.74, 6) is 0.0221. The van der Waals surface area contributed by atoms with Crippen LogP contribution in [0.15, 0.2) is 24.6 Å². The first kappa shape index (κ1) is 27.0. The topological polar surface area (TPSA) is 91.0 Å². The van der Waals surface area contributed by atoms with Crippen LogP contribution in [0.5, 0.6) is 0 Å². The maximum absolute atomic E-state index is 13.4. The molecule has 0 aromatic carbocycles. The second-order valence-corrected chi connectivity index (χ2v) is 12.2. The molecule has 0 spiro atoms. The molecule has 2 aliphatic heterocycles. The molecule has 1 aliphatic carbocycles. The van der Waals surface area contributed by atoms with Crippen LogP contribution in [0.1, 0.15) is 71.6 Å². The Kier molecular flexibility index (Phi) is 8.10. The van der Waals surface area contributed by atoms with Crippen molar-refractivity contribution in [1.82, 2.24) is 19.8 Å². The van der Waals surface area contributed by atoms with Gasteiger partial charge in [0.15, 0.2) is 0 Å². The Morgan fingerprint density at radius 2 is 1.82 bits per heavy atom. The zero-order chi connectivity index (χ0) is 25.3. The van der Waals surface area contributed by atoms with Crippen LogP contribution >= 0.6 is 0 Å². The second kappa shape index (κ2) is 10.2. The molecular weight excluding hydrogens is 452 g/mol. The van der Waals surface area contributed by atoms with Gasteiger partial charge in [-0.05, 0) is 51.5 Å². The quantitative estimate of drug-likeness (QED) is 0.618. The third kappa shape index (κ3) is 5.16. The van der Waals surface area contributed by atoms with E-state index in [1.54, 1.807) is 0 Å². The highest BCUT2D eigenvalue weighted by molar-refractivity contribution is 7.85. The smallest absolute Gasteiger partial charge is 0.361 e. The lowest BCUT2D eigenvalue weighted by atomic mass is 9.89. The molecule has 0 aromatic heterocycles. The molecular formula is C25H44N4O4S. The predicted octanol–water partition coefficient (Wildman–Crippen LogP) is 3.14. The second-order valence-electron chi connectivity index (χ2n) is 10.8. The summed E-state index contributed by atoms with van der Waals surface area (Å²) in [5.41, 5.74) is 0.756. The Morgan fingerprint density at radius 1 is 1.18 bits per heavy atom. The first-order valence-corrected chi connectivity index (χ1v) is 14.0. The molecule has 2 N–H and O–H groups in total. The zero-order valence-electron chi connectivity index (χ0n) is 21.7. The van der Waals surface area contributed by atoms with Crippen molar-refractivity contribution in [3.8, 4) is 0 Å². The minimum atomic E-state index is -4.13. The Labute approximate surface area is 206 Å². The molecule has 8 nitrogen and oxygen atoms in total. The number of carbonyl (C=O) groups excluding carboxylic acids is 1.